The number of amides is 2. The summed E-state index contributed by atoms with van der Waals surface area (Å²) in [7, 11) is 0. The second-order valence-corrected chi connectivity index (χ2v) is 9.80. The molecule has 3 atom stereocenters. The van der Waals surface area contributed by atoms with Gasteiger partial charge >= 0.3 is 0 Å². The zero-order valence-electron chi connectivity index (χ0n) is 20.6. The van der Waals surface area contributed by atoms with Crippen LogP contribution in [0, 0.1) is 11.6 Å². The molecule has 194 valence electrons. The number of ether oxygens (including phenoxy) is 1. The first-order valence-electron chi connectivity index (χ1n) is 12.2. The Morgan fingerprint density at radius 1 is 1.31 bits per heavy atom. The van der Waals surface area contributed by atoms with Crippen LogP contribution in [0.4, 0.5) is 8.78 Å². The Labute approximate surface area is 207 Å². The molecule has 0 aliphatic carbocycles. The normalized spacial score (nSPS) is 23.2. The van der Waals surface area contributed by atoms with Gasteiger partial charge in [-0.15, -0.1) is 0 Å². The smallest absolute Gasteiger partial charge is 0.274 e. The minimum absolute atomic E-state index is 0.0162. The summed E-state index contributed by atoms with van der Waals surface area (Å²) in [4.78, 5) is 41.7. The van der Waals surface area contributed by atoms with Gasteiger partial charge in [0, 0.05) is 37.0 Å². The third-order valence-corrected chi connectivity index (χ3v) is 7.12. The quantitative estimate of drug-likeness (QED) is 0.566. The Balaban J connectivity index is 1.78. The van der Waals surface area contributed by atoms with Crippen molar-refractivity contribution in [1.29, 1.82) is 0 Å². The fraction of sp³-hybridized carbons (Fsp3) is 0.500. The molecule has 1 fully saturated rings. The molecule has 0 unspecified atom stereocenters. The van der Waals surface area contributed by atoms with Gasteiger partial charge in [-0.2, -0.15) is 0 Å². The van der Waals surface area contributed by atoms with Crippen LogP contribution in [0.15, 0.2) is 29.2 Å². The number of pyridine rings is 1. The molecular weight excluding hydrogens is 472 g/mol. The van der Waals surface area contributed by atoms with Crippen LogP contribution in [0.25, 0.3) is 0 Å². The van der Waals surface area contributed by atoms with Crippen LogP contribution in [0.1, 0.15) is 78.9 Å². The van der Waals surface area contributed by atoms with Crippen molar-refractivity contribution in [2.24, 2.45) is 0 Å². The molecule has 0 spiro atoms. The lowest BCUT2D eigenvalue weighted by molar-refractivity contribution is -0.00852. The number of hydrogen-bond acceptors (Lipinski definition) is 5. The summed E-state index contributed by atoms with van der Waals surface area (Å²) < 4.78 is 34.5. The number of hydrogen-bond donors (Lipinski definition) is 2. The van der Waals surface area contributed by atoms with Crippen molar-refractivity contribution >= 4 is 11.8 Å². The van der Waals surface area contributed by atoms with Crippen LogP contribution >= 0.6 is 0 Å². The summed E-state index contributed by atoms with van der Waals surface area (Å²) in [6, 6.07) is 2.24. The van der Waals surface area contributed by atoms with Gasteiger partial charge in [-0.3, -0.25) is 14.4 Å². The maximum atomic E-state index is 14.0. The van der Waals surface area contributed by atoms with Crippen LogP contribution in [0.2, 0.25) is 0 Å². The van der Waals surface area contributed by atoms with Crippen LogP contribution in [-0.2, 0) is 6.54 Å². The lowest BCUT2D eigenvalue weighted by Crippen LogP contribution is -2.51. The minimum atomic E-state index is -1.21. The average molecular weight is 504 g/mol. The number of fused-ring (bicyclic) bond motifs is 4. The highest BCUT2D eigenvalue weighted by atomic mass is 19.1. The first kappa shape index (κ1) is 25.8. The molecule has 2 amide bonds. The van der Waals surface area contributed by atoms with Crippen molar-refractivity contribution in [3.8, 4) is 5.75 Å². The standard InChI is InChI=1S/C26H31F2N3O5/c1-4-5-10-36-23-21-25(34)30-14-20(26(3,35)9-8-15(30)2)31(21)13-18(22(23)32)24(33)29-12-16-6-7-17(27)11-19(16)28/h6-7,11,13,15,20,35H,4-5,8-10,12,14H2,1-3H3,(H,29,33)/t15-,20+,26-/m0/s1. The number of nitrogens with one attached hydrogen (secondary N) is 1. The lowest BCUT2D eigenvalue weighted by atomic mass is 9.90. The number of halogens is 2. The zero-order valence-corrected chi connectivity index (χ0v) is 20.6. The predicted octanol–water partition coefficient (Wildman–Crippen LogP) is 3.17. The summed E-state index contributed by atoms with van der Waals surface area (Å²) in [6.07, 6.45) is 3.71. The molecule has 0 radical (unpaired) electrons. The van der Waals surface area contributed by atoms with E-state index in [-0.39, 0.29) is 54.2 Å². The molecule has 36 heavy (non-hydrogen) atoms. The van der Waals surface area contributed by atoms with E-state index in [9.17, 15) is 28.3 Å². The van der Waals surface area contributed by atoms with Crippen molar-refractivity contribution in [2.45, 2.75) is 70.7 Å². The van der Waals surface area contributed by atoms with Crippen LogP contribution in [-0.4, -0.2) is 51.2 Å². The van der Waals surface area contributed by atoms with Gasteiger partial charge in [0.05, 0.1) is 18.2 Å². The van der Waals surface area contributed by atoms with E-state index < -0.39 is 34.6 Å². The molecule has 4 rings (SSSR count). The molecule has 10 heteroatoms. The second kappa shape index (κ2) is 10.0. The minimum Gasteiger partial charge on any atom is -0.487 e. The fourth-order valence-corrected chi connectivity index (χ4v) is 4.81. The molecule has 3 heterocycles. The predicted molar refractivity (Wildman–Crippen MR) is 128 cm³/mol. The highest BCUT2D eigenvalue weighted by molar-refractivity contribution is 5.99. The van der Waals surface area contributed by atoms with Gasteiger partial charge in [-0.1, -0.05) is 19.4 Å². The van der Waals surface area contributed by atoms with Crippen molar-refractivity contribution in [1.82, 2.24) is 14.8 Å². The summed E-state index contributed by atoms with van der Waals surface area (Å²) in [5.74, 6) is -2.98. The third-order valence-electron chi connectivity index (χ3n) is 7.12. The van der Waals surface area contributed by atoms with E-state index >= 15 is 0 Å². The van der Waals surface area contributed by atoms with Crippen LogP contribution in [0.3, 0.4) is 0 Å². The topological polar surface area (TPSA) is 101 Å². The van der Waals surface area contributed by atoms with Gasteiger partial charge in [0.1, 0.15) is 17.2 Å². The van der Waals surface area contributed by atoms with E-state index in [1.54, 1.807) is 11.8 Å². The second-order valence-electron chi connectivity index (χ2n) is 9.80. The number of nitrogens with zero attached hydrogens (tertiary/aromatic N) is 2. The van der Waals surface area contributed by atoms with Gasteiger partial charge in [0.2, 0.25) is 5.43 Å². The molecule has 1 aromatic carbocycles. The third kappa shape index (κ3) is 4.74. The highest BCUT2D eigenvalue weighted by Gasteiger charge is 2.47. The molecule has 1 saturated heterocycles. The van der Waals surface area contributed by atoms with E-state index in [4.69, 9.17) is 4.74 Å². The first-order valence-corrected chi connectivity index (χ1v) is 12.2. The Morgan fingerprint density at radius 3 is 2.75 bits per heavy atom. The van der Waals surface area contributed by atoms with E-state index in [1.807, 2.05) is 13.8 Å². The molecule has 8 nitrogen and oxygen atoms in total. The molecular formula is C26H31F2N3O5. The number of aromatic nitrogens is 1. The fourth-order valence-electron chi connectivity index (χ4n) is 4.81. The molecule has 2 bridgehead atoms. The van der Waals surface area contributed by atoms with Crippen molar-refractivity contribution in [2.75, 3.05) is 13.2 Å². The molecule has 1 aromatic heterocycles. The van der Waals surface area contributed by atoms with E-state index in [2.05, 4.69) is 5.32 Å². The number of unbranched alkanes of at least 4 members (excludes halogenated alkanes) is 1. The van der Waals surface area contributed by atoms with Crippen LogP contribution < -0.4 is 15.5 Å². The molecule has 2 aliphatic heterocycles. The Kier molecular flexibility index (Phi) is 7.17. The monoisotopic (exact) mass is 503 g/mol. The van der Waals surface area contributed by atoms with Gasteiger partial charge in [0.25, 0.3) is 11.8 Å². The number of carbonyl (C=O) groups excluding carboxylic acids is 2. The number of carbonyl (C=O) groups is 2. The summed E-state index contributed by atoms with van der Waals surface area (Å²) in [5.41, 5.74) is -2.19. The maximum Gasteiger partial charge on any atom is 0.274 e. The Morgan fingerprint density at radius 2 is 2.06 bits per heavy atom. The zero-order chi connectivity index (χ0) is 26.2. The summed E-state index contributed by atoms with van der Waals surface area (Å²) in [5, 5.41) is 13.8. The van der Waals surface area contributed by atoms with Gasteiger partial charge in [-0.05, 0) is 39.2 Å². The number of benzene rings is 1. The SMILES string of the molecule is CCCCOc1c2n(cc(C(=O)NCc3ccc(F)cc3F)c1=O)[C@@H]1CN(C2=O)[C@@H](C)CC[C@]1(C)O. The number of rotatable bonds is 7. The molecule has 0 saturated carbocycles. The van der Waals surface area contributed by atoms with E-state index in [0.29, 0.717) is 25.3 Å². The summed E-state index contributed by atoms with van der Waals surface area (Å²) in [6.45, 7) is 5.66. The average Bonchev–Trinajstić information content (AvgIpc) is 2.93. The molecule has 2 N–H and O–H groups in total. The highest BCUT2D eigenvalue weighted by Crippen LogP contribution is 2.39. The van der Waals surface area contributed by atoms with Crippen molar-refractivity contribution in [3.63, 3.8) is 0 Å². The van der Waals surface area contributed by atoms with Crippen molar-refractivity contribution in [3.05, 3.63) is 63.1 Å². The molecule has 2 aliphatic rings. The van der Waals surface area contributed by atoms with Gasteiger partial charge in [-0.25, -0.2) is 8.78 Å². The first-order chi connectivity index (χ1) is 17.0. The van der Waals surface area contributed by atoms with E-state index in [1.165, 1.54) is 16.8 Å². The van der Waals surface area contributed by atoms with E-state index in [0.717, 1.165) is 12.5 Å². The molecule has 2 aromatic rings. The van der Waals surface area contributed by atoms with Gasteiger partial charge < -0.3 is 24.6 Å². The Bertz CT molecular complexity index is 1240. The Hall–Kier alpha value is -3.27. The number of aliphatic hydroxyl groups is 1. The lowest BCUT2D eigenvalue weighted by Gasteiger charge is -2.41. The van der Waals surface area contributed by atoms with Crippen molar-refractivity contribution < 1.29 is 28.2 Å². The van der Waals surface area contributed by atoms with Gasteiger partial charge in [0.15, 0.2) is 11.4 Å². The maximum absolute atomic E-state index is 14.0. The van der Waals surface area contributed by atoms with Crippen LogP contribution in [0.5, 0.6) is 5.75 Å². The summed E-state index contributed by atoms with van der Waals surface area (Å²) >= 11 is 0. The largest absolute Gasteiger partial charge is 0.487 e.